The summed E-state index contributed by atoms with van der Waals surface area (Å²) < 4.78 is 0. The largest absolute Gasteiger partial charge is 0.293 e. The molecule has 2 heteroatoms. The zero-order valence-corrected chi connectivity index (χ0v) is 9.89. The van der Waals surface area contributed by atoms with Crippen LogP contribution in [0, 0.1) is 0 Å². The highest BCUT2D eigenvalue weighted by molar-refractivity contribution is 6.30. The van der Waals surface area contributed by atoms with Crippen molar-refractivity contribution in [1.82, 2.24) is 0 Å². The van der Waals surface area contributed by atoms with Gasteiger partial charge in [-0.25, -0.2) is 0 Å². The summed E-state index contributed by atoms with van der Waals surface area (Å²) in [5, 5.41) is 0. The van der Waals surface area contributed by atoms with E-state index in [9.17, 15) is 4.79 Å². The summed E-state index contributed by atoms with van der Waals surface area (Å²) in [5.41, 5.74) is 2.01. The number of aryl methyl sites for hydroxylation is 1. The van der Waals surface area contributed by atoms with Gasteiger partial charge in [0.05, 0.1) is 5.88 Å². The molecule has 0 aromatic heterocycles. The number of benzene rings is 1. The lowest BCUT2D eigenvalue weighted by atomic mass is 10.0. The van der Waals surface area contributed by atoms with E-state index in [2.05, 4.69) is 6.92 Å². The fourth-order valence-corrected chi connectivity index (χ4v) is 1.67. The van der Waals surface area contributed by atoms with E-state index in [0.29, 0.717) is 5.56 Å². The maximum atomic E-state index is 11.3. The van der Waals surface area contributed by atoms with Crippen molar-refractivity contribution >= 4 is 17.4 Å². The number of unbranched alkanes of at least 4 members (excludes halogenated alkanes) is 2. The fraction of sp³-hybridized carbons (Fsp3) is 0.462. The fourth-order valence-electron chi connectivity index (χ4n) is 1.51. The topological polar surface area (TPSA) is 17.1 Å². The van der Waals surface area contributed by atoms with E-state index in [-0.39, 0.29) is 11.7 Å². The lowest BCUT2D eigenvalue weighted by molar-refractivity contribution is 0.102. The lowest BCUT2D eigenvalue weighted by Gasteiger charge is -2.02. The van der Waals surface area contributed by atoms with Crippen LogP contribution in [0.3, 0.4) is 0 Å². The number of hydrogen-bond donors (Lipinski definition) is 0. The molecule has 1 rings (SSSR count). The monoisotopic (exact) mass is 224 g/mol. The molecule has 0 aliphatic carbocycles. The summed E-state index contributed by atoms with van der Waals surface area (Å²) in [6.07, 6.45) is 4.83. The Labute approximate surface area is 96.5 Å². The Morgan fingerprint density at radius 2 is 1.87 bits per heavy atom. The number of alkyl halides is 1. The Morgan fingerprint density at radius 3 is 2.40 bits per heavy atom. The number of rotatable bonds is 6. The maximum absolute atomic E-state index is 11.3. The average molecular weight is 225 g/mol. The second kappa shape index (κ2) is 6.62. The highest BCUT2D eigenvalue weighted by Crippen LogP contribution is 2.09. The standard InChI is InChI=1S/C13H17ClO/c1-2-3-4-5-11-6-8-12(9-7-11)13(15)10-14/h6-9H,2-5,10H2,1H3. The van der Waals surface area contributed by atoms with E-state index in [1.54, 1.807) is 0 Å². The molecule has 0 heterocycles. The molecule has 0 bridgehead atoms. The van der Waals surface area contributed by atoms with E-state index in [1.165, 1.54) is 24.8 Å². The highest BCUT2D eigenvalue weighted by Gasteiger charge is 2.02. The molecule has 1 aromatic rings. The Bertz CT molecular complexity index is 303. The van der Waals surface area contributed by atoms with Gasteiger partial charge >= 0.3 is 0 Å². The normalized spacial score (nSPS) is 10.3. The molecule has 0 amide bonds. The summed E-state index contributed by atoms with van der Waals surface area (Å²) in [7, 11) is 0. The molecule has 0 saturated carbocycles. The first-order chi connectivity index (χ1) is 7.27. The Kier molecular flexibility index (Phi) is 5.41. The van der Waals surface area contributed by atoms with Crippen LogP contribution < -0.4 is 0 Å². The number of Topliss-reactive ketones (excluding diaryl/α,β-unsaturated/α-hetero) is 1. The van der Waals surface area contributed by atoms with Crippen molar-refractivity contribution in [1.29, 1.82) is 0 Å². The van der Waals surface area contributed by atoms with Crippen LogP contribution >= 0.6 is 11.6 Å². The summed E-state index contributed by atoms with van der Waals surface area (Å²) in [5.74, 6) is 0.0617. The first-order valence-electron chi connectivity index (χ1n) is 5.46. The van der Waals surface area contributed by atoms with Crippen molar-refractivity contribution in [3.05, 3.63) is 35.4 Å². The molecular weight excluding hydrogens is 208 g/mol. The van der Waals surface area contributed by atoms with Gasteiger partial charge in [0.1, 0.15) is 0 Å². The SMILES string of the molecule is CCCCCc1ccc(C(=O)CCl)cc1. The molecule has 1 aromatic carbocycles. The molecule has 0 aliphatic heterocycles. The minimum atomic E-state index is -0.00299. The van der Waals surface area contributed by atoms with Gasteiger partial charge in [-0.05, 0) is 18.4 Å². The zero-order chi connectivity index (χ0) is 11.1. The van der Waals surface area contributed by atoms with Crippen LogP contribution in [0.5, 0.6) is 0 Å². The summed E-state index contributed by atoms with van der Waals surface area (Å²) in [6, 6.07) is 7.78. The van der Waals surface area contributed by atoms with E-state index in [1.807, 2.05) is 24.3 Å². The van der Waals surface area contributed by atoms with Crippen LogP contribution in [-0.2, 0) is 6.42 Å². The quantitative estimate of drug-likeness (QED) is 0.408. The molecule has 0 N–H and O–H groups in total. The number of carbonyl (C=O) groups excluding carboxylic acids is 1. The van der Waals surface area contributed by atoms with Crippen LogP contribution in [0.15, 0.2) is 24.3 Å². The third kappa shape index (κ3) is 4.05. The van der Waals surface area contributed by atoms with Crippen molar-refractivity contribution < 1.29 is 4.79 Å². The van der Waals surface area contributed by atoms with E-state index >= 15 is 0 Å². The van der Waals surface area contributed by atoms with Gasteiger partial charge in [0, 0.05) is 5.56 Å². The van der Waals surface area contributed by atoms with Crippen LogP contribution in [0.1, 0.15) is 42.1 Å². The maximum Gasteiger partial charge on any atom is 0.177 e. The second-order valence-corrected chi connectivity index (χ2v) is 3.98. The van der Waals surface area contributed by atoms with Crippen molar-refractivity contribution in [2.45, 2.75) is 32.6 Å². The van der Waals surface area contributed by atoms with Crippen LogP contribution in [0.25, 0.3) is 0 Å². The molecule has 0 aliphatic rings. The first-order valence-corrected chi connectivity index (χ1v) is 5.99. The third-order valence-electron chi connectivity index (χ3n) is 2.47. The number of carbonyl (C=O) groups is 1. The summed E-state index contributed by atoms with van der Waals surface area (Å²) in [6.45, 7) is 2.20. The molecule has 0 radical (unpaired) electrons. The number of hydrogen-bond acceptors (Lipinski definition) is 1. The van der Waals surface area contributed by atoms with Gasteiger partial charge in [-0.15, -0.1) is 11.6 Å². The van der Waals surface area contributed by atoms with Crippen LogP contribution in [0.4, 0.5) is 0 Å². The summed E-state index contributed by atoms with van der Waals surface area (Å²) >= 11 is 5.48. The first kappa shape index (κ1) is 12.3. The van der Waals surface area contributed by atoms with Crippen molar-refractivity contribution in [2.24, 2.45) is 0 Å². The van der Waals surface area contributed by atoms with Crippen molar-refractivity contribution in [3.8, 4) is 0 Å². The van der Waals surface area contributed by atoms with Gasteiger partial charge in [0.15, 0.2) is 5.78 Å². The highest BCUT2D eigenvalue weighted by atomic mass is 35.5. The molecule has 1 nitrogen and oxygen atoms in total. The third-order valence-corrected chi connectivity index (χ3v) is 2.71. The minimum absolute atomic E-state index is 0.00299. The van der Waals surface area contributed by atoms with Gasteiger partial charge in [-0.1, -0.05) is 44.0 Å². The average Bonchev–Trinajstić information content (AvgIpc) is 2.29. The van der Waals surface area contributed by atoms with Gasteiger partial charge in [0.25, 0.3) is 0 Å². The molecule has 0 atom stereocenters. The summed E-state index contributed by atoms with van der Waals surface area (Å²) in [4.78, 5) is 11.3. The molecule has 0 spiro atoms. The Hall–Kier alpha value is -0.820. The molecule has 0 unspecified atom stereocenters. The van der Waals surface area contributed by atoms with Gasteiger partial charge < -0.3 is 0 Å². The number of ketones is 1. The number of halogens is 1. The van der Waals surface area contributed by atoms with Crippen LogP contribution in [-0.4, -0.2) is 11.7 Å². The molecule has 0 saturated heterocycles. The van der Waals surface area contributed by atoms with Crippen molar-refractivity contribution in [3.63, 3.8) is 0 Å². The second-order valence-electron chi connectivity index (χ2n) is 3.71. The van der Waals surface area contributed by atoms with Gasteiger partial charge in [0.2, 0.25) is 0 Å². The van der Waals surface area contributed by atoms with E-state index < -0.39 is 0 Å². The Morgan fingerprint density at radius 1 is 1.20 bits per heavy atom. The predicted molar refractivity (Wildman–Crippen MR) is 64.7 cm³/mol. The zero-order valence-electron chi connectivity index (χ0n) is 9.13. The lowest BCUT2D eigenvalue weighted by Crippen LogP contribution is -1.99. The molecule has 0 fully saturated rings. The minimum Gasteiger partial charge on any atom is -0.293 e. The van der Waals surface area contributed by atoms with E-state index in [0.717, 1.165) is 6.42 Å². The van der Waals surface area contributed by atoms with Crippen molar-refractivity contribution in [2.75, 3.05) is 5.88 Å². The van der Waals surface area contributed by atoms with E-state index in [4.69, 9.17) is 11.6 Å². The van der Waals surface area contributed by atoms with Crippen LogP contribution in [0.2, 0.25) is 0 Å². The smallest absolute Gasteiger partial charge is 0.177 e. The Balaban J connectivity index is 2.52. The van der Waals surface area contributed by atoms with Gasteiger partial charge in [-0.3, -0.25) is 4.79 Å². The molecular formula is C13H17ClO. The predicted octanol–water partition coefficient (Wildman–Crippen LogP) is 3.84. The molecule has 82 valence electrons. The molecule has 15 heavy (non-hydrogen) atoms. The van der Waals surface area contributed by atoms with Gasteiger partial charge in [-0.2, -0.15) is 0 Å².